The number of ether oxygens (including phenoxy) is 3. The first-order valence-corrected chi connectivity index (χ1v) is 10.7. The number of aromatic hydroxyl groups is 3. The summed E-state index contributed by atoms with van der Waals surface area (Å²) in [4.78, 5) is 0. The molecule has 6 heteroatoms. The van der Waals surface area contributed by atoms with Crippen LogP contribution in [0.4, 0.5) is 0 Å². The fourth-order valence-corrected chi connectivity index (χ4v) is 5.11. The van der Waals surface area contributed by atoms with Gasteiger partial charge in [-0.05, 0) is 58.1 Å². The van der Waals surface area contributed by atoms with Crippen molar-refractivity contribution in [3.63, 3.8) is 0 Å². The van der Waals surface area contributed by atoms with Gasteiger partial charge in [-0.3, -0.25) is 0 Å². The van der Waals surface area contributed by atoms with E-state index in [4.69, 9.17) is 14.2 Å². The fraction of sp³-hybridized carbons (Fsp3) is 0.143. The maximum Gasteiger partial charge on any atom is 0.166 e. The first-order chi connectivity index (χ1) is 16.5. The zero-order valence-electron chi connectivity index (χ0n) is 19.0. The van der Waals surface area contributed by atoms with Gasteiger partial charge in [0.15, 0.2) is 34.5 Å². The van der Waals surface area contributed by atoms with E-state index >= 15 is 0 Å². The molecule has 0 atom stereocenters. The van der Waals surface area contributed by atoms with Gasteiger partial charge < -0.3 is 29.5 Å². The van der Waals surface area contributed by atoms with Crippen molar-refractivity contribution in [1.82, 2.24) is 0 Å². The Kier molecular flexibility index (Phi) is 5.01. The van der Waals surface area contributed by atoms with E-state index in [0.29, 0.717) is 22.8 Å². The van der Waals surface area contributed by atoms with Gasteiger partial charge >= 0.3 is 0 Å². The monoisotopic (exact) mass is 456 g/mol. The van der Waals surface area contributed by atoms with E-state index in [9.17, 15) is 15.3 Å². The molecule has 3 N–H and O–H groups in total. The summed E-state index contributed by atoms with van der Waals surface area (Å²) >= 11 is 0. The standard InChI is InChI=1S/C28H24O6/c1-32-23-13-10-20-26(27(23)31)18-6-4-5-7-19(18)28(20,16-8-11-21(29)24(14-16)33-2)17-9-12-22(30)25(15-17)34-3/h4-15,29-31H,1-3H3. The number of rotatable bonds is 5. The van der Waals surface area contributed by atoms with Crippen LogP contribution in [0.25, 0.3) is 11.1 Å². The van der Waals surface area contributed by atoms with Crippen molar-refractivity contribution in [2.75, 3.05) is 21.3 Å². The van der Waals surface area contributed by atoms with Crippen LogP contribution < -0.4 is 14.2 Å². The number of fused-ring (bicyclic) bond motifs is 3. The van der Waals surface area contributed by atoms with Gasteiger partial charge in [-0.1, -0.05) is 42.5 Å². The van der Waals surface area contributed by atoms with Crippen LogP contribution in [-0.4, -0.2) is 36.6 Å². The Morgan fingerprint density at radius 1 is 0.588 bits per heavy atom. The summed E-state index contributed by atoms with van der Waals surface area (Å²) < 4.78 is 16.3. The molecule has 5 rings (SSSR count). The Morgan fingerprint density at radius 2 is 1.15 bits per heavy atom. The molecule has 1 aliphatic rings. The molecule has 6 nitrogen and oxygen atoms in total. The highest BCUT2D eigenvalue weighted by atomic mass is 16.5. The fourth-order valence-electron chi connectivity index (χ4n) is 5.11. The first-order valence-electron chi connectivity index (χ1n) is 10.7. The van der Waals surface area contributed by atoms with E-state index in [2.05, 4.69) is 0 Å². The van der Waals surface area contributed by atoms with Crippen molar-refractivity contribution in [3.05, 3.63) is 95.1 Å². The molecule has 4 aromatic rings. The van der Waals surface area contributed by atoms with Crippen molar-refractivity contribution >= 4 is 0 Å². The SMILES string of the molecule is COc1cc(C2(c3ccc(O)c(OC)c3)c3ccccc3-c3c2ccc(OC)c3O)ccc1O. The molecular formula is C28H24O6. The van der Waals surface area contributed by atoms with E-state index in [-0.39, 0.29) is 17.2 Å². The molecule has 0 saturated heterocycles. The minimum absolute atomic E-state index is 0.0220. The van der Waals surface area contributed by atoms with Gasteiger partial charge in [-0.15, -0.1) is 0 Å². The van der Waals surface area contributed by atoms with Gasteiger partial charge in [0.2, 0.25) is 0 Å². The quantitative estimate of drug-likeness (QED) is 0.337. The molecule has 0 bridgehead atoms. The average molecular weight is 456 g/mol. The number of phenolic OH excluding ortho intramolecular Hbond substituents is 3. The van der Waals surface area contributed by atoms with E-state index in [1.807, 2.05) is 42.5 Å². The summed E-state index contributed by atoms with van der Waals surface area (Å²) in [5, 5.41) is 31.9. The third-order valence-electron chi connectivity index (χ3n) is 6.59. The van der Waals surface area contributed by atoms with Crippen LogP contribution in [-0.2, 0) is 5.41 Å². The minimum Gasteiger partial charge on any atom is -0.504 e. The van der Waals surface area contributed by atoms with Crippen molar-refractivity contribution in [2.45, 2.75) is 5.41 Å². The lowest BCUT2D eigenvalue weighted by atomic mass is 9.67. The summed E-state index contributed by atoms with van der Waals surface area (Å²) in [6, 6.07) is 22.0. The van der Waals surface area contributed by atoms with Crippen molar-refractivity contribution < 1.29 is 29.5 Å². The minimum atomic E-state index is -0.905. The normalized spacial score (nSPS) is 13.1. The Hall–Kier alpha value is -4.32. The van der Waals surface area contributed by atoms with Crippen molar-refractivity contribution in [1.29, 1.82) is 0 Å². The Labute approximate surface area is 197 Å². The highest BCUT2D eigenvalue weighted by Crippen LogP contribution is 2.60. The third kappa shape index (κ3) is 2.81. The average Bonchev–Trinajstić information content (AvgIpc) is 3.17. The lowest BCUT2D eigenvalue weighted by Crippen LogP contribution is -2.28. The molecular weight excluding hydrogens is 432 g/mol. The number of phenols is 3. The summed E-state index contributed by atoms with van der Waals surface area (Å²) in [5.74, 6) is 1.11. The number of hydrogen-bond donors (Lipinski definition) is 3. The van der Waals surface area contributed by atoms with Crippen LogP contribution >= 0.6 is 0 Å². The number of benzene rings is 4. The molecule has 0 unspecified atom stereocenters. The molecule has 4 aromatic carbocycles. The Balaban J connectivity index is 1.98. The zero-order valence-corrected chi connectivity index (χ0v) is 19.0. The highest BCUT2D eigenvalue weighted by molar-refractivity contribution is 5.91. The van der Waals surface area contributed by atoms with Crippen LogP contribution in [0.2, 0.25) is 0 Å². The second-order valence-electron chi connectivity index (χ2n) is 8.11. The molecule has 34 heavy (non-hydrogen) atoms. The Bertz CT molecular complexity index is 1350. The predicted molar refractivity (Wildman–Crippen MR) is 128 cm³/mol. The van der Waals surface area contributed by atoms with Gasteiger partial charge in [0.25, 0.3) is 0 Å². The van der Waals surface area contributed by atoms with Crippen LogP contribution in [0, 0.1) is 0 Å². The third-order valence-corrected chi connectivity index (χ3v) is 6.59. The second kappa shape index (κ2) is 7.92. The van der Waals surface area contributed by atoms with Gasteiger partial charge in [-0.2, -0.15) is 0 Å². The van der Waals surface area contributed by atoms with E-state index in [0.717, 1.165) is 27.8 Å². The topological polar surface area (TPSA) is 88.4 Å². The first kappa shape index (κ1) is 21.5. The van der Waals surface area contributed by atoms with E-state index in [1.165, 1.54) is 21.3 Å². The van der Waals surface area contributed by atoms with Gasteiger partial charge in [0.05, 0.1) is 26.7 Å². The molecule has 172 valence electrons. The number of hydrogen-bond acceptors (Lipinski definition) is 6. The lowest BCUT2D eigenvalue weighted by Gasteiger charge is -2.34. The van der Waals surface area contributed by atoms with Gasteiger partial charge in [0, 0.05) is 5.56 Å². The molecule has 0 radical (unpaired) electrons. The summed E-state index contributed by atoms with van der Waals surface area (Å²) in [5.41, 5.74) is 3.98. The lowest BCUT2D eigenvalue weighted by molar-refractivity contribution is 0.371. The van der Waals surface area contributed by atoms with Crippen LogP contribution in [0.5, 0.6) is 34.5 Å². The molecule has 0 heterocycles. The molecule has 0 aliphatic heterocycles. The van der Waals surface area contributed by atoms with Gasteiger partial charge in [-0.25, -0.2) is 0 Å². The van der Waals surface area contributed by atoms with Crippen molar-refractivity contribution in [2.24, 2.45) is 0 Å². The molecule has 0 fully saturated rings. The van der Waals surface area contributed by atoms with E-state index in [1.54, 1.807) is 30.3 Å². The van der Waals surface area contributed by atoms with Crippen LogP contribution in [0.15, 0.2) is 72.8 Å². The molecule has 1 aliphatic carbocycles. The van der Waals surface area contributed by atoms with Crippen LogP contribution in [0.3, 0.4) is 0 Å². The maximum atomic E-state index is 11.2. The second-order valence-corrected chi connectivity index (χ2v) is 8.11. The summed E-state index contributed by atoms with van der Waals surface area (Å²) in [7, 11) is 4.52. The molecule has 0 spiro atoms. The predicted octanol–water partition coefficient (Wildman–Crippen LogP) is 5.19. The summed E-state index contributed by atoms with van der Waals surface area (Å²) in [6.07, 6.45) is 0. The zero-order chi connectivity index (χ0) is 24.0. The van der Waals surface area contributed by atoms with E-state index < -0.39 is 5.41 Å². The smallest absolute Gasteiger partial charge is 0.166 e. The van der Waals surface area contributed by atoms with Crippen molar-refractivity contribution in [3.8, 4) is 45.6 Å². The summed E-state index contributed by atoms with van der Waals surface area (Å²) in [6.45, 7) is 0. The van der Waals surface area contributed by atoms with Crippen LogP contribution in [0.1, 0.15) is 22.3 Å². The van der Waals surface area contributed by atoms with Gasteiger partial charge in [0.1, 0.15) is 0 Å². The number of methoxy groups -OCH3 is 3. The highest BCUT2D eigenvalue weighted by Gasteiger charge is 2.48. The Morgan fingerprint density at radius 3 is 1.71 bits per heavy atom. The molecule has 0 saturated carbocycles. The molecule has 0 aromatic heterocycles. The largest absolute Gasteiger partial charge is 0.504 e. The molecule has 0 amide bonds. The maximum absolute atomic E-state index is 11.2.